The van der Waals surface area contributed by atoms with Crippen molar-refractivity contribution < 1.29 is 13.2 Å². The van der Waals surface area contributed by atoms with Gasteiger partial charge in [-0.2, -0.15) is 13.2 Å². The number of halogens is 3. The second kappa shape index (κ2) is 4.37. The van der Waals surface area contributed by atoms with E-state index in [1.54, 1.807) is 12.1 Å². The van der Waals surface area contributed by atoms with Crippen LogP contribution in [0.15, 0.2) is 42.5 Å². The van der Waals surface area contributed by atoms with Gasteiger partial charge in [-0.3, -0.25) is 0 Å². The highest BCUT2D eigenvalue weighted by molar-refractivity contribution is 5.79. The third-order valence-corrected chi connectivity index (χ3v) is 2.82. The van der Waals surface area contributed by atoms with Crippen molar-refractivity contribution in [3.63, 3.8) is 0 Å². The first-order chi connectivity index (χ1) is 8.39. The van der Waals surface area contributed by atoms with Gasteiger partial charge in [0, 0.05) is 11.3 Å². The van der Waals surface area contributed by atoms with E-state index in [9.17, 15) is 13.2 Å². The molecule has 0 saturated carbocycles. The van der Waals surface area contributed by atoms with Crippen molar-refractivity contribution in [1.82, 2.24) is 0 Å². The third kappa shape index (κ3) is 2.32. The van der Waals surface area contributed by atoms with Gasteiger partial charge < -0.3 is 5.73 Å². The first kappa shape index (κ1) is 12.5. The van der Waals surface area contributed by atoms with Gasteiger partial charge in [-0.1, -0.05) is 24.3 Å². The van der Waals surface area contributed by atoms with E-state index in [4.69, 9.17) is 5.73 Å². The minimum Gasteiger partial charge on any atom is -0.398 e. The monoisotopic (exact) mass is 251 g/mol. The molecule has 0 aliphatic rings. The molecule has 0 unspecified atom stereocenters. The lowest BCUT2D eigenvalue weighted by Crippen LogP contribution is -2.06. The number of nitrogens with two attached hydrogens (primary N) is 1. The first-order valence-electron chi connectivity index (χ1n) is 5.42. The Balaban J connectivity index is 2.61. The van der Waals surface area contributed by atoms with Crippen LogP contribution in [-0.2, 0) is 6.18 Å². The van der Waals surface area contributed by atoms with Gasteiger partial charge >= 0.3 is 6.18 Å². The normalized spacial score (nSPS) is 11.6. The number of hydrogen-bond acceptors (Lipinski definition) is 1. The molecule has 0 aromatic heterocycles. The highest BCUT2D eigenvalue weighted by atomic mass is 19.4. The summed E-state index contributed by atoms with van der Waals surface area (Å²) in [5.74, 6) is 0. The zero-order valence-corrected chi connectivity index (χ0v) is 9.75. The molecule has 0 saturated heterocycles. The van der Waals surface area contributed by atoms with Gasteiger partial charge in [0.05, 0.1) is 5.56 Å². The summed E-state index contributed by atoms with van der Waals surface area (Å²) >= 11 is 0. The molecule has 2 aromatic carbocycles. The first-order valence-corrected chi connectivity index (χ1v) is 5.42. The van der Waals surface area contributed by atoms with Crippen LogP contribution >= 0.6 is 0 Å². The summed E-state index contributed by atoms with van der Waals surface area (Å²) in [7, 11) is 0. The summed E-state index contributed by atoms with van der Waals surface area (Å²) in [6, 6.07) is 10.6. The topological polar surface area (TPSA) is 26.0 Å². The number of nitrogen functional groups attached to an aromatic ring is 1. The van der Waals surface area contributed by atoms with E-state index in [1.807, 2.05) is 19.1 Å². The Morgan fingerprint density at radius 3 is 2.22 bits per heavy atom. The van der Waals surface area contributed by atoms with Gasteiger partial charge in [0.1, 0.15) is 0 Å². The van der Waals surface area contributed by atoms with Gasteiger partial charge in [0.25, 0.3) is 0 Å². The Labute approximate surface area is 103 Å². The van der Waals surface area contributed by atoms with Crippen LogP contribution in [-0.4, -0.2) is 0 Å². The Hall–Kier alpha value is -1.97. The number of rotatable bonds is 1. The Morgan fingerprint density at radius 2 is 1.61 bits per heavy atom. The molecular formula is C14H12F3N. The molecule has 0 bridgehead atoms. The summed E-state index contributed by atoms with van der Waals surface area (Å²) in [5.41, 5.74) is 7.46. The van der Waals surface area contributed by atoms with Crippen LogP contribution in [0.25, 0.3) is 11.1 Å². The second-order valence-electron chi connectivity index (χ2n) is 4.11. The zero-order chi connectivity index (χ0) is 13.3. The van der Waals surface area contributed by atoms with E-state index in [0.717, 1.165) is 23.3 Å². The Kier molecular flexibility index (Phi) is 3.03. The van der Waals surface area contributed by atoms with E-state index < -0.39 is 11.7 Å². The summed E-state index contributed by atoms with van der Waals surface area (Å²) in [6.07, 6.45) is -4.36. The van der Waals surface area contributed by atoms with Crippen molar-refractivity contribution in [1.29, 1.82) is 0 Å². The maximum atomic E-state index is 12.7. The highest BCUT2D eigenvalue weighted by Gasteiger charge is 2.31. The summed E-state index contributed by atoms with van der Waals surface area (Å²) < 4.78 is 38.0. The fraction of sp³-hybridized carbons (Fsp3) is 0.143. The molecule has 0 aliphatic heterocycles. The maximum absolute atomic E-state index is 12.7. The van der Waals surface area contributed by atoms with Crippen molar-refractivity contribution in [3.8, 4) is 11.1 Å². The molecule has 2 N–H and O–H groups in total. The van der Waals surface area contributed by atoms with E-state index in [2.05, 4.69) is 0 Å². The fourth-order valence-corrected chi connectivity index (χ4v) is 1.84. The van der Waals surface area contributed by atoms with Crippen LogP contribution in [0.5, 0.6) is 0 Å². The molecule has 0 amide bonds. The molecule has 0 aliphatic carbocycles. The molecule has 0 fully saturated rings. The van der Waals surface area contributed by atoms with Crippen molar-refractivity contribution in [3.05, 3.63) is 53.6 Å². The van der Waals surface area contributed by atoms with Crippen LogP contribution in [0.3, 0.4) is 0 Å². The molecule has 0 spiro atoms. The van der Waals surface area contributed by atoms with Crippen molar-refractivity contribution >= 4 is 5.69 Å². The number of anilines is 1. The maximum Gasteiger partial charge on any atom is 0.416 e. The molecule has 0 heterocycles. The van der Waals surface area contributed by atoms with Gasteiger partial charge in [-0.15, -0.1) is 0 Å². The van der Waals surface area contributed by atoms with Crippen LogP contribution < -0.4 is 5.73 Å². The molecule has 18 heavy (non-hydrogen) atoms. The lowest BCUT2D eigenvalue weighted by Gasteiger charge is -2.13. The number of hydrogen-bond donors (Lipinski definition) is 1. The number of alkyl halides is 3. The molecule has 4 heteroatoms. The van der Waals surface area contributed by atoms with E-state index in [-0.39, 0.29) is 0 Å². The van der Waals surface area contributed by atoms with Gasteiger partial charge in [-0.25, -0.2) is 0 Å². The van der Waals surface area contributed by atoms with E-state index >= 15 is 0 Å². The predicted molar refractivity (Wildman–Crippen MR) is 66.0 cm³/mol. The Bertz CT molecular complexity index is 573. The van der Waals surface area contributed by atoms with Crippen LogP contribution in [0.1, 0.15) is 11.1 Å². The predicted octanol–water partition coefficient (Wildman–Crippen LogP) is 4.26. The molecular weight excluding hydrogens is 239 g/mol. The molecule has 0 radical (unpaired) electrons. The van der Waals surface area contributed by atoms with Crippen molar-refractivity contribution in [2.45, 2.75) is 13.1 Å². The lowest BCUT2D eigenvalue weighted by atomic mass is 9.97. The standard InChI is InChI=1S/C14H12F3N/c1-9-4-2-3-5-11(9)12-8-10(14(15,16)17)6-7-13(12)18/h2-8H,18H2,1H3. The fourth-order valence-electron chi connectivity index (χ4n) is 1.84. The van der Waals surface area contributed by atoms with Crippen molar-refractivity contribution in [2.75, 3.05) is 5.73 Å². The summed E-state index contributed by atoms with van der Waals surface area (Å²) in [5, 5.41) is 0. The van der Waals surface area contributed by atoms with Gasteiger partial charge in [0.15, 0.2) is 0 Å². The minimum absolute atomic E-state index is 0.345. The minimum atomic E-state index is -4.36. The van der Waals surface area contributed by atoms with Crippen molar-refractivity contribution in [2.24, 2.45) is 0 Å². The second-order valence-corrected chi connectivity index (χ2v) is 4.11. The molecule has 94 valence electrons. The van der Waals surface area contributed by atoms with Crippen LogP contribution in [0, 0.1) is 6.92 Å². The van der Waals surface area contributed by atoms with Gasteiger partial charge in [-0.05, 0) is 36.2 Å². The zero-order valence-electron chi connectivity index (χ0n) is 9.75. The SMILES string of the molecule is Cc1ccccc1-c1cc(C(F)(F)F)ccc1N. The number of aryl methyl sites for hydroxylation is 1. The number of benzene rings is 2. The van der Waals surface area contributed by atoms with Crippen LogP contribution in [0.4, 0.5) is 18.9 Å². The third-order valence-electron chi connectivity index (χ3n) is 2.82. The van der Waals surface area contributed by atoms with Crippen LogP contribution in [0.2, 0.25) is 0 Å². The largest absolute Gasteiger partial charge is 0.416 e. The average molecular weight is 251 g/mol. The highest BCUT2D eigenvalue weighted by Crippen LogP contribution is 2.35. The summed E-state index contributed by atoms with van der Waals surface area (Å²) in [6.45, 7) is 1.84. The lowest BCUT2D eigenvalue weighted by molar-refractivity contribution is -0.137. The average Bonchev–Trinajstić information content (AvgIpc) is 2.29. The molecule has 1 nitrogen and oxygen atoms in total. The molecule has 2 rings (SSSR count). The van der Waals surface area contributed by atoms with E-state index in [0.29, 0.717) is 11.3 Å². The Morgan fingerprint density at radius 1 is 0.944 bits per heavy atom. The molecule has 2 aromatic rings. The van der Waals surface area contributed by atoms with E-state index in [1.165, 1.54) is 6.07 Å². The smallest absolute Gasteiger partial charge is 0.398 e. The van der Waals surface area contributed by atoms with Gasteiger partial charge in [0.2, 0.25) is 0 Å². The quantitative estimate of drug-likeness (QED) is 0.753. The summed E-state index contributed by atoms with van der Waals surface area (Å²) in [4.78, 5) is 0. The molecule has 0 atom stereocenters.